The number of anilines is 1. The molecule has 2 aliphatic rings. The average molecular weight is 320 g/mol. The van der Waals surface area contributed by atoms with Crippen molar-refractivity contribution in [3.8, 4) is 0 Å². The summed E-state index contributed by atoms with van der Waals surface area (Å²) in [5, 5.41) is 0. The van der Waals surface area contributed by atoms with Gasteiger partial charge in [0.2, 0.25) is 0 Å². The van der Waals surface area contributed by atoms with E-state index in [9.17, 15) is 9.59 Å². The Morgan fingerprint density at radius 1 is 1.09 bits per heavy atom. The lowest BCUT2D eigenvalue weighted by atomic mass is 10.2. The molecule has 0 unspecified atom stereocenters. The van der Waals surface area contributed by atoms with Crippen molar-refractivity contribution in [3.05, 3.63) is 29.8 Å². The number of cyclic esters (lactones) is 2. The Balaban J connectivity index is 1.61. The number of morpholine rings is 1. The van der Waals surface area contributed by atoms with E-state index in [1.165, 1.54) is 5.56 Å². The number of ether oxygens (including phenoxy) is 3. The molecule has 0 amide bonds. The van der Waals surface area contributed by atoms with Gasteiger partial charge >= 0.3 is 18.4 Å². The maximum absolute atomic E-state index is 11.3. The first-order valence-corrected chi connectivity index (χ1v) is 7.62. The van der Waals surface area contributed by atoms with Gasteiger partial charge in [-0.1, -0.05) is 12.1 Å². The van der Waals surface area contributed by atoms with Crippen LogP contribution in [0.1, 0.15) is 12.0 Å². The van der Waals surface area contributed by atoms with Crippen LogP contribution in [-0.4, -0.2) is 56.6 Å². The smallest absolute Gasteiger partial charge is 0.331 e. The predicted molar refractivity (Wildman–Crippen MR) is 81.5 cm³/mol. The van der Waals surface area contributed by atoms with Crippen molar-refractivity contribution in [1.82, 2.24) is 4.90 Å². The minimum Gasteiger partial charge on any atom is -0.405 e. The molecule has 23 heavy (non-hydrogen) atoms. The molecule has 2 fully saturated rings. The van der Waals surface area contributed by atoms with E-state index in [2.05, 4.69) is 4.90 Å². The lowest BCUT2D eigenvalue weighted by Gasteiger charge is -2.31. The molecule has 2 saturated heterocycles. The molecule has 7 nitrogen and oxygen atoms in total. The second-order valence-corrected chi connectivity index (χ2v) is 5.63. The number of carbonyl (C=O) groups excluding carboxylic acids is 2. The molecule has 124 valence electrons. The number of benzene rings is 1. The summed E-state index contributed by atoms with van der Waals surface area (Å²) in [6, 6.07) is 7.89. The Kier molecular flexibility index (Phi) is 4.78. The summed E-state index contributed by atoms with van der Waals surface area (Å²) in [5.41, 5.74) is 2.00. The monoisotopic (exact) mass is 320 g/mol. The molecule has 0 radical (unpaired) electrons. The van der Waals surface area contributed by atoms with Gasteiger partial charge in [-0.05, 0) is 17.7 Å². The largest absolute Gasteiger partial charge is 0.405 e. The molecule has 2 heterocycles. The third-order valence-electron chi connectivity index (χ3n) is 3.92. The van der Waals surface area contributed by atoms with Crippen LogP contribution in [0.15, 0.2) is 24.3 Å². The fourth-order valence-corrected chi connectivity index (χ4v) is 2.58. The molecule has 0 bridgehead atoms. The standard InChI is InChI=1S/C16H20N2O5/c1-17(16-22-14(19)10-15(20)23-16)13-4-2-12(3-5-13)11-18-6-8-21-9-7-18/h2-5,16H,6-11H2,1H3. The highest BCUT2D eigenvalue weighted by atomic mass is 16.7. The normalized spacial score (nSPS) is 20.0. The number of hydrogen-bond donors (Lipinski definition) is 0. The van der Waals surface area contributed by atoms with Crippen molar-refractivity contribution in [1.29, 1.82) is 0 Å². The van der Waals surface area contributed by atoms with E-state index in [-0.39, 0.29) is 6.42 Å². The van der Waals surface area contributed by atoms with Crippen molar-refractivity contribution >= 4 is 17.6 Å². The average Bonchev–Trinajstić information content (AvgIpc) is 2.55. The number of rotatable bonds is 4. The van der Waals surface area contributed by atoms with Gasteiger partial charge in [-0.15, -0.1) is 0 Å². The molecule has 1 aromatic rings. The zero-order chi connectivity index (χ0) is 16.2. The van der Waals surface area contributed by atoms with Crippen LogP contribution in [0.4, 0.5) is 5.69 Å². The van der Waals surface area contributed by atoms with E-state index in [1.54, 1.807) is 11.9 Å². The third kappa shape index (κ3) is 4.00. The highest BCUT2D eigenvalue weighted by Gasteiger charge is 2.31. The molecule has 0 atom stereocenters. The van der Waals surface area contributed by atoms with Crippen LogP contribution in [0, 0.1) is 0 Å². The van der Waals surface area contributed by atoms with Gasteiger partial charge in [0, 0.05) is 32.4 Å². The third-order valence-corrected chi connectivity index (χ3v) is 3.92. The molecule has 2 aliphatic heterocycles. The summed E-state index contributed by atoms with van der Waals surface area (Å²) in [6.07, 6.45) is -1.34. The highest BCUT2D eigenvalue weighted by molar-refractivity contribution is 5.92. The Bertz CT molecular complexity index is 552. The maximum atomic E-state index is 11.3. The van der Waals surface area contributed by atoms with Gasteiger partial charge in [0.1, 0.15) is 6.42 Å². The SMILES string of the molecule is CN(c1ccc(CN2CCOCC2)cc1)C1OC(=O)CC(=O)O1. The fraction of sp³-hybridized carbons (Fsp3) is 0.500. The van der Waals surface area contributed by atoms with E-state index in [4.69, 9.17) is 14.2 Å². The molecule has 0 spiro atoms. The van der Waals surface area contributed by atoms with Crippen molar-refractivity contribution in [3.63, 3.8) is 0 Å². The minimum atomic E-state index is -1.01. The lowest BCUT2D eigenvalue weighted by molar-refractivity contribution is -0.202. The van der Waals surface area contributed by atoms with Gasteiger partial charge in [-0.2, -0.15) is 0 Å². The molecule has 0 N–H and O–H groups in total. The number of esters is 2. The summed E-state index contributed by atoms with van der Waals surface area (Å²) >= 11 is 0. The number of carbonyl (C=O) groups is 2. The van der Waals surface area contributed by atoms with Gasteiger partial charge in [-0.3, -0.25) is 14.5 Å². The van der Waals surface area contributed by atoms with Gasteiger partial charge < -0.3 is 19.1 Å². The molecule has 1 aromatic carbocycles. The van der Waals surface area contributed by atoms with Crippen LogP contribution in [0.2, 0.25) is 0 Å². The summed E-state index contributed by atoms with van der Waals surface area (Å²) in [7, 11) is 1.72. The summed E-state index contributed by atoms with van der Waals surface area (Å²) in [4.78, 5) is 26.6. The number of nitrogens with zero attached hydrogens (tertiary/aromatic N) is 2. The topological polar surface area (TPSA) is 68.3 Å². The molecule has 0 aromatic heterocycles. The van der Waals surface area contributed by atoms with E-state index in [1.807, 2.05) is 24.3 Å². The first-order valence-electron chi connectivity index (χ1n) is 7.62. The predicted octanol–water partition coefficient (Wildman–Crippen LogP) is 0.729. The molecular weight excluding hydrogens is 300 g/mol. The summed E-state index contributed by atoms with van der Waals surface area (Å²) in [6.45, 7) is 4.31. The van der Waals surface area contributed by atoms with Crippen molar-refractivity contribution < 1.29 is 23.8 Å². The first-order chi connectivity index (χ1) is 11.1. The molecule has 0 saturated carbocycles. The van der Waals surface area contributed by atoms with Crippen LogP contribution in [0.25, 0.3) is 0 Å². The van der Waals surface area contributed by atoms with Gasteiger partial charge in [0.25, 0.3) is 0 Å². The van der Waals surface area contributed by atoms with Crippen LogP contribution in [0.5, 0.6) is 0 Å². The second-order valence-electron chi connectivity index (χ2n) is 5.63. The molecule has 3 rings (SSSR count). The van der Waals surface area contributed by atoms with Crippen molar-refractivity contribution in [2.24, 2.45) is 0 Å². The molecule has 7 heteroatoms. The fourth-order valence-electron chi connectivity index (χ4n) is 2.58. The zero-order valence-electron chi connectivity index (χ0n) is 13.1. The Labute approximate surface area is 134 Å². The van der Waals surface area contributed by atoms with Crippen LogP contribution < -0.4 is 4.90 Å². The van der Waals surface area contributed by atoms with E-state index in [0.717, 1.165) is 38.5 Å². The minimum absolute atomic E-state index is 0.331. The van der Waals surface area contributed by atoms with Gasteiger partial charge in [-0.25, -0.2) is 0 Å². The molecular formula is C16H20N2O5. The van der Waals surface area contributed by atoms with Crippen LogP contribution in [0.3, 0.4) is 0 Å². The van der Waals surface area contributed by atoms with E-state index < -0.39 is 18.4 Å². The van der Waals surface area contributed by atoms with Crippen molar-refractivity contribution in [2.75, 3.05) is 38.3 Å². The Hall–Kier alpha value is -2.12. The zero-order valence-corrected chi connectivity index (χ0v) is 13.1. The second kappa shape index (κ2) is 6.97. The van der Waals surface area contributed by atoms with Gasteiger partial charge in [0.15, 0.2) is 0 Å². The van der Waals surface area contributed by atoms with Gasteiger partial charge in [0.05, 0.1) is 13.2 Å². The molecule has 0 aliphatic carbocycles. The lowest BCUT2D eigenvalue weighted by Crippen LogP contribution is -2.43. The highest BCUT2D eigenvalue weighted by Crippen LogP contribution is 2.21. The maximum Gasteiger partial charge on any atom is 0.331 e. The quantitative estimate of drug-likeness (QED) is 0.598. The van der Waals surface area contributed by atoms with E-state index >= 15 is 0 Å². The first kappa shape index (κ1) is 15.8. The Morgan fingerprint density at radius 3 is 2.30 bits per heavy atom. The Morgan fingerprint density at radius 2 is 1.70 bits per heavy atom. The van der Waals surface area contributed by atoms with Crippen LogP contribution >= 0.6 is 0 Å². The summed E-state index contributed by atoms with van der Waals surface area (Å²) in [5.74, 6) is -1.14. The van der Waals surface area contributed by atoms with E-state index in [0.29, 0.717) is 0 Å². The summed E-state index contributed by atoms with van der Waals surface area (Å²) < 4.78 is 15.4. The van der Waals surface area contributed by atoms with Crippen molar-refractivity contribution in [2.45, 2.75) is 19.4 Å². The van der Waals surface area contributed by atoms with Crippen LogP contribution in [-0.2, 0) is 30.3 Å². The number of hydrogen-bond acceptors (Lipinski definition) is 7.